The van der Waals surface area contributed by atoms with E-state index in [0.717, 1.165) is 28.4 Å². The first-order valence-corrected chi connectivity index (χ1v) is 9.16. The lowest BCUT2D eigenvalue weighted by Crippen LogP contribution is -2.23. The molecule has 0 aliphatic rings. The third-order valence-electron chi connectivity index (χ3n) is 4.68. The summed E-state index contributed by atoms with van der Waals surface area (Å²) in [6, 6.07) is 16.1. The predicted octanol–water partition coefficient (Wildman–Crippen LogP) is 3.52. The average molecular weight is 392 g/mol. The molecule has 0 saturated carbocycles. The van der Waals surface area contributed by atoms with Crippen molar-refractivity contribution in [3.63, 3.8) is 0 Å². The fourth-order valence-corrected chi connectivity index (χ4v) is 3.25. The molecule has 0 bridgehead atoms. The number of methoxy groups -OCH3 is 1. The number of aromatic nitrogens is 1. The highest BCUT2D eigenvalue weighted by Gasteiger charge is 2.16. The number of carbonyl (C=O) groups excluding carboxylic acids is 2. The van der Waals surface area contributed by atoms with Gasteiger partial charge in [-0.2, -0.15) is 0 Å². The van der Waals surface area contributed by atoms with Gasteiger partial charge in [0.05, 0.1) is 12.7 Å². The third kappa shape index (κ3) is 4.57. The molecule has 3 rings (SSSR count). The van der Waals surface area contributed by atoms with Crippen LogP contribution in [-0.2, 0) is 6.54 Å². The number of nitrogens with one attached hydrogen (secondary N) is 2. The van der Waals surface area contributed by atoms with Crippen molar-refractivity contribution < 1.29 is 14.3 Å². The van der Waals surface area contributed by atoms with Crippen LogP contribution in [0.2, 0.25) is 0 Å². The molecule has 3 aromatic rings. The van der Waals surface area contributed by atoms with Gasteiger partial charge in [0.15, 0.2) is 0 Å². The number of benzene rings is 2. The standard InChI is InChI=1S/C22H24N4O3/c1-14-12-20(15(2)26(14)18-8-10-19(29-3)11-9-18)21(27)24-13-16-4-6-17(7-5-16)25-22(23)28/h4-12H,13H2,1-3H3,(H,24,27)(H3,23,25,28). The number of anilines is 1. The molecule has 29 heavy (non-hydrogen) atoms. The predicted molar refractivity (Wildman–Crippen MR) is 113 cm³/mol. The second kappa shape index (κ2) is 8.52. The molecule has 0 aliphatic heterocycles. The first-order chi connectivity index (χ1) is 13.9. The Morgan fingerprint density at radius 2 is 1.69 bits per heavy atom. The number of urea groups is 1. The molecule has 0 spiro atoms. The number of rotatable bonds is 6. The summed E-state index contributed by atoms with van der Waals surface area (Å²) < 4.78 is 7.25. The van der Waals surface area contributed by atoms with E-state index in [1.54, 1.807) is 19.2 Å². The Morgan fingerprint density at radius 3 is 2.28 bits per heavy atom. The number of nitrogens with two attached hydrogens (primary N) is 1. The summed E-state index contributed by atoms with van der Waals surface area (Å²) in [6.45, 7) is 4.27. The maximum absolute atomic E-state index is 12.7. The maximum atomic E-state index is 12.7. The van der Waals surface area contributed by atoms with Crippen LogP contribution in [-0.4, -0.2) is 23.6 Å². The molecule has 3 amide bonds. The van der Waals surface area contributed by atoms with Crippen molar-refractivity contribution in [2.24, 2.45) is 5.73 Å². The second-order valence-corrected chi connectivity index (χ2v) is 6.69. The number of primary amides is 1. The average Bonchev–Trinajstić information content (AvgIpc) is 3.01. The number of nitrogens with zero attached hydrogens (tertiary/aromatic N) is 1. The highest BCUT2D eigenvalue weighted by molar-refractivity contribution is 5.96. The van der Waals surface area contributed by atoms with E-state index in [0.29, 0.717) is 17.8 Å². The van der Waals surface area contributed by atoms with Crippen LogP contribution in [0.25, 0.3) is 5.69 Å². The molecule has 7 heteroatoms. The minimum atomic E-state index is -0.613. The number of aryl methyl sites for hydroxylation is 1. The molecule has 1 aromatic heterocycles. The van der Waals surface area contributed by atoms with Gasteiger partial charge >= 0.3 is 6.03 Å². The molecular formula is C22H24N4O3. The molecule has 7 nitrogen and oxygen atoms in total. The SMILES string of the molecule is COc1ccc(-n2c(C)cc(C(=O)NCc3ccc(NC(N)=O)cc3)c2C)cc1. The Kier molecular flexibility index (Phi) is 5.87. The van der Waals surface area contributed by atoms with Crippen molar-refractivity contribution in [1.82, 2.24) is 9.88 Å². The van der Waals surface area contributed by atoms with Gasteiger partial charge in [-0.1, -0.05) is 12.1 Å². The van der Waals surface area contributed by atoms with E-state index >= 15 is 0 Å². The van der Waals surface area contributed by atoms with Gasteiger partial charge in [-0.05, 0) is 61.9 Å². The lowest BCUT2D eigenvalue weighted by atomic mass is 10.2. The first-order valence-electron chi connectivity index (χ1n) is 9.16. The van der Waals surface area contributed by atoms with Crippen LogP contribution >= 0.6 is 0 Å². The molecule has 2 aromatic carbocycles. The van der Waals surface area contributed by atoms with Gasteiger partial charge in [0.1, 0.15) is 5.75 Å². The summed E-state index contributed by atoms with van der Waals surface area (Å²) in [7, 11) is 1.63. The number of hydrogen-bond acceptors (Lipinski definition) is 3. The van der Waals surface area contributed by atoms with Crippen LogP contribution in [0.1, 0.15) is 27.3 Å². The zero-order valence-corrected chi connectivity index (χ0v) is 16.7. The minimum absolute atomic E-state index is 0.141. The molecular weight excluding hydrogens is 368 g/mol. The van der Waals surface area contributed by atoms with Crippen LogP contribution in [0.4, 0.5) is 10.5 Å². The van der Waals surface area contributed by atoms with Gasteiger partial charge < -0.3 is 25.7 Å². The fourth-order valence-electron chi connectivity index (χ4n) is 3.25. The van der Waals surface area contributed by atoms with Crippen molar-refractivity contribution in [3.8, 4) is 11.4 Å². The number of hydrogen-bond donors (Lipinski definition) is 3. The molecule has 0 saturated heterocycles. The van der Waals surface area contributed by atoms with Crippen LogP contribution < -0.4 is 21.1 Å². The number of ether oxygens (including phenoxy) is 1. The normalized spacial score (nSPS) is 10.4. The third-order valence-corrected chi connectivity index (χ3v) is 4.68. The molecule has 0 aliphatic carbocycles. The number of amides is 3. The van der Waals surface area contributed by atoms with Gasteiger partial charge in [0, 0.05) is 29.3 Å². The minimum Gasteiger partial charge on any atom is -0.497 e. The Hall–Kier alpha value is -3.74. The zero-order valence-electron chi connectivity index (χ0n) is 16.7. The highest BCUT2D eigenvalue weighted by Crippen LogP contribution is 2.23. The molecule has 1 heterocycles. The van der Waals surface area contributed by atoms with Crippen molar-refractivity contribution in [1.29, 1.82) is 0 Å². The van der Waals surface area contributed by atoms with Crippen molar-refractivity contribution in [2.75, 3.05) is 12.4 Å². The zero-order chi connectivity index (χ0) is 21.0. The monoisotopic (exact) mass is 392 g/mol. The smallest absolute Gasteiger partial charge is 0.316 e. The second-order valence-electron chi connectivity index (χ2n) is 6.69. The van der Waals surface area contributed by atoms with Crippen molar-refractivity contribution >= 4 is 17.6 Å². The van der Waals surface area contributed by atoms with Crippen LogP contribution in [0.3, 0.4) is 0 Å². The van der Waals surface area contributed by atoms with Crippen LogP contribution in [0.15, 0.2) is 54.6 Å². The lowest BCUT2D eigenvalue weighted by molar-refractivity contribution is 0.0950. The van der Waals surface area contributed by atoms with Gasteiger partial charge in [0.25, 0.3) is 5.91 Å². The highest BCUT2D eigenvalue weighted by atomic mass is 16.5. The van der Waals surface area contributed by atoms with Crippen LogP contribution in [0.5, 0.6) is 5.75 Å². The maximum Gasteiger partial charge on any atom is 0.316 e. The van der Waals surface area contributed by atoms with E-state index in [1.165, 1.54) is 0 Å². The van der Waals surface area contributed by atoms with Gasteiger partial charge in [0.2, 0.25) is 0 Å². The Morgan fingerprint density at radius 1 is 1.03 bits per heavy atom. The molecule has 150 valence electrons. The van der Waals surface area contributed by atoms with Gasteiger partial charge in [-0.15, -0.1) is 0 Å². The molecule has 0 fully saturated rings. The molecule has 0 atom stereocenters. The van der Waals surface area contributed by atoms with E-state index in [-0.39, 0.29) is 5.91 Å². The van der Waals surface area contributed by atoms with Crippen molar-refractivity contribution in [2.45, 2.75) is 20.4 Å². The van der Waals surface area contributed by atoms with Crippen molar-refractivity contribution in [3.05, 3.63) is 77.1 Å². The lowest BCUT2D eigenvalue weighted by Gasteiger charge is -2.11. The first kappa shape index (κ1) is 20.0. The summed E-state index contributed by atoms with van der Waals surface area (Å²) in [5, 5.41) is 5.45. The summed E-state index contributed by atoms with van der Waals surface area (Å²) in [4.78, 5) is 23.6. The topological polar surface area (TPSA) is 98.4 Å². The number of carbonyl (C=O) groups is 2. The van der Waals surface area contributed by atoms with E-state index in [4.69, 9.17) is 10.5 Å². The van der Waals surface area contributed by atoms with Gasteiger partial charge in [-0.25, -0.2) is 4.79 Å². The molecule has 0 unspecified atom stereocenters. The Labute approximate surface area is 169 Å². The summed E-state index contributed by atoms with van der Waals surface area (Å²) >= 11 is 0. The molecule has 0 radical (unpaired) electrons. The van der Waals surface area contributed by atoms with Gasteiger partial charge in [-0.3, -0.25) is 4.79 Å². The van der Waals surface area contributed by atoms with Crippen LogP contribution in [0, 0.1) is 13.8 Å². The molecule has 4 N–H and O–H groups in total. The summed E-state index contributed by atoms with van der Waals surface area (Å²) in [5.41, 5.74) is 10.1. The van der Waals surface area contributed by atoms with E-state index in [2.05, 4.69) is 10.6 Å². The van der Waals surface area contributed by atoms with E-state index in [9.17, 15) is 9.59 Å². The quantitative estimate of drug-likeness (QED) is 0.598. The Balaban J connectivity index is 1.72. The largest absolute Gasteiger partial charge is 0.497 e. The summed E-state index contributed by atoms with van der Waals surface area (Å²) in [5.74, 6) is 0.642. The van der Waals surface area contributed by atoms with E-state index in [1.807, 2.05) is 60.9 Å². The summed E-state index contributed by atoms with van der Waals surface area (Å²) in [6.07, 6.45) is 0. The Bertz CT molecular complexity index is 1020. The fraction of sp³-hybridized carbons (Fsp3) is 0.182. The van der Waals surface area contributed by atoms with E-state index < -0.39 is 6.03 Å².